The number of H-pyrrole nitrogens is 1. The number of aryl methyl sites for hydroxylation is 1. The highest BCUT2D eigenvalue weighted by atomic mass is 19.1. The lowest BCUT2D eigenvalue weighted by atomic mass is 9.96. The second-order valence-electron chi connectivity index (χ2n) is 10.5. The third-order valence-electron chi connectivity index (χ3n) is 6.72. The molecule has 0 saturated carbocycles. The molecule has 1 aromatic heterocycles. The first-order valence-corrected chi connectivity index (χ1v) is 13.1. The first-order chi connectivity index (χ1) is 17.5. The van der Waals surface area contributed by atoms with Gasteiger partial charge in [0, 0.05) is 30.9 Å². The van der Waals surface area contributed by atoms with Gasteiger partial charge in [0.05, 0.1) is 43.6 Å². The molecule has 8 nitrogen and oxygen atoms in total. The molecule has 1 aliphatic rings. The Morgan fingerprint density at radius 1 is 1.24 bits per heavy atom. The van der Waals surface area contributed by atoms with Gasteiger partial charge in [-0.15, -0.1) is 0 Å². The maximum Gasteiger partial charge on any atom is 0.225 e. The molecule has 1 fully saturated rings. The van der Waals surface area contributed by atoms with Crippen molar-refractivity contribution in [1.82, 2.24) is 20.2 Å². The summed E-state index contributed by atoms with van der Waals surface area (Å²) in [7, 11) is 0. The summed E-state index contributed by atoms with van der Waals surface area (Å²) in [5.41, 5.74) is 1.76. The molecule has 3 rings (SSSR count). The predicted molar refractivity (Wildman–Crippen MR) is 139 cm³/mol. The minimum Gasteiger partial charge on any atom is -0.377 e. The number of ether oxygens (including phenoxy) is 1. The summed E-state index contributed by atoms with van der Waals surface area (Å²) >= 11 is 0. The van der Waals surface area contributed by atoms with E-state index in [0.717, 1.165) is 5.56 Å². The van der Waals surface area contributed by atoms with Gasteiger partial charge in [0.2, 0.25) is 11.8 Å². The van der Waals surface area contributed by atoms with Crippen molar-refractivity contribution in [3.05, 3.63) is 41.6 Å². The van der Waals surface area contributed by atoms with E-state index in [1.165, 1.54) is 6.07 Å². The maximum atomic E-state index is 14.4. The number of hydrogen-bond donors (Lipinski definition) is 2. The van der Waals surface area contributed by atoms with E-state index in [0.29, 0.717) is 55.6 Å². The highest BCUT2D eigenvalue weighted by molar-refractivity contribution is 5.93. The summed E-state index contributed by atoms with van der Waals surface area (Å²) in [6, 6.07) is 3.97. The van der Waals surface area contributed by atoms with E-state index < -0.39 is 6.04 Å². The zero-order valence-electron chi connectivity index (χ0n) is 22.5. The zero-order valence-corrected chi connectivity index (χ0v) is 22.5. The van der Waals surface area contributed by atoms with Gasteiger partial charge in [-0.25, -0.2) is 9.37 Å². The Balaban J connectivity index is 1.70. The fourth-order valence-corrected chi connectivity index (χ4v) is 4.42. The fourth-order valence-electron chi connectivity index (χ4n) is 4.42. The van der Waals surface area contributed by atoms with Crippen molar-refractivity contribution in [3.8, 4) is 11.3 Å². The van der Waals surface area contributed by atoms with E-state index in [9.17, 15) is 18.8 Å². The highest BCUT2D eigenvalue weighted by Gasteiger charge is 2.31. The quantitative estimate of drug-likeness (QED) is 0.469. The molecule has 202 valence electrons. The summed E-state index contributed by atoms with van der Waals surface area (Å²) < 4.78 is 19.8. The Morgan fingerprint density at radius 3 is 2.68 bits per heavy atom. The van der Waals surface area contributed by atoms with Crippen LogP contribution in [0, 0.1) is 18.7 Å². The summed E-state index contributed by atoms with van der Waals surface area (Å²) in [6.45, 7) is 11.0. The number of imidazole rings is 1. The van der Waals surface area contributed by atoms with Gasteiger partial charge >= 0.3 is 0 Å². The van der Waals surface area contributed by atoms with E-state index >= 15 is 0 Å². The SMILES string of the molecule is Cc1ccc(-c2cnc([C@H](C)CC(=O)[C@H](CC(=O)N3CCOC[C@@H]3C)NC(=O)CCC(C)C)[nH]2)c(F)c1. The standard InChI is InChI=1S/C28H39FN4O4/c1-17(2)6-9-26(35)31-23(14-27(36)33-10-11-37-16-20(33)5)25(34)13-19(4)28-30-15-24(32-28)21-8-7-18(3)12-22(21)29/h7-8,12,15,17,19-20,23H,6,9-11,13-14,16H2,1-5H3,(H,30,32)(H,31,35)/t19-,20+,23+/m1/s1. The average molecular weight is 515 g/mol. The van der Waals surface area contributed by atoms with Crippen LogP contribution in [0.3, 0.4) is 0 Å². The number of amides is 2. The van der Waals surface area contributed by atoms with Gasteiger partial charge in [-0.1, -0.05) is 26.8 Å². The van der Waals surface area contributed by atoms with Crippen molar-refractivity contribution in [2.75, 3.05) is 19.8 Å². The number of aromatic amines is 1. The molecule has 1 aromatic carbocycles. The minimum atomic E-state index is -0.923. The van der Waals surface area contributed by atoms with Crippen LogP contribution in [0.5, 0.6) is 0 Å². The van der Waals surface area contributed by atoms with E-state index in [1.54, 1.807) is 17.2 Å². The number of aromatic nitrogens is 2. The van der Waals surface area contributed by atoms with E-state index in [-0.39, 0.29) is 48.2 Å². The molecule has 2 heterocycles. The summed E-state index contributed by atoms with van der Waals surface area (Å²) in [6.07, 6.45) is 2.52. The van der Waals surface area contributed by atoms with Gasteiger partial charge in [-0.05, 0) is 43.9 Å². The smallest absolute Gasteiger partial charge is 0.225 e. The molecule has 0 bridgehead atoms. The lowest BCUT2D eigenvalue weighted by molar-refractivity contribution is -0.141. The monoisotopic (exact) mass is 514 g/mol. The molecule has 1 aliphatic heterocycles. The first-order valence-electron chi connectivity index (χ1n) is 13.1. The second-order valence-corrected chi connectivity index (χ2v) is 10.5. The molecule has 0 aliphatic carbocycles. The Labute approximate surface area is 218 Å². The number of rotatable bonds is 11. The number of carbonyl (C=O) groups is 3. The molecule has 2 N–H and O–H groups in total. The summed E-state index contributed by atoms with van der Waals surface area (Å²) in [4.78, 5) is 48.2. The Morgan fingerprint density at radius 2 is 2.00 bits per heavy atom. The van der Waals surface area contributed by atoms with Gasteiger partial charge in [0.1, 0.15) is 11.6 Å². The number of nitrogens with one attached hydrogen (secondary N) is 2. The van der Waals surface area contributed by atoms with Crippen LogP contribution in [0.15, 0.2) is 24.4 Å². The number of Topliss-reactive ketones (excluding diaryl/α,β-unsaturated/α-hetero) is 1. The molecular weight excluding hydrogens is 475 g/mol. The minimum absolute atomic E-state index is 0.0738. The van der Waals surface area contributed by atoms with Crippen LogP contribution in [0.2, 0.25) is 0 Å². The number of carbonyl (C=O) groups excluding carboxylic acids is 3. The third-order valence-corrected chi connectivity index (χ3v) is 6.72. The predicted octanol–water partition coefficient (Wildman–Crippen LogP) is 4.15. The molecule has 0 unspecified atom stereocenters. The topological polar surface area (TPSA) is 104 Å². The van der Waals surface area contributed by atoms with Gasteiger partial charge < -0.3 is 19.9 Å². The molecule has 2 aromatic rings. The number of morpholine rings is 1. The van der Waals surface area contributed by atoms with Gasteiger partial charge in [-0.2, -0.15) is 0 Å². The zero-order chi connectivity index (χ0) is 27.1. The number of halogens is 1. The lowest BCUT2D eigenvalue weighted by Gasteiger charge is -2.34. The molecule has 1 saturated heterocycles. The Hall–Kier alpha value is -3.07. The van der Waals surface area contributed by atoms with Gasteiger partial charge in [-0.3, -0.25) is 14.4 Å². The second kappa shape index (κ2) is 12.9. The lowest BCUT2D eigenvalue weighted by Crippen LogP contribution is -2.51. The van der Waals surface area contributed by atoms with Crippen LogP contribution in [-0.4, -0.2) is 64.3 Å². The van der Waals surface area contributed by atoms with Gasteiger partial charge in [0.15, 0.2) is 5.78 Å². The number of benzene rings is 1. The molecular formula is C28H39FN4O4. The molecule has 37 heavy (non-hydrogen) atoms. The summed E-state index contributed by atoms with van der Waals surface area (Å²) in [5.74, 6) is -0.428. The molecule has 9 heteroatoms. The summed E-state index contributed by atoms with van der Waals surface area (Å²) in [5, 5.41) is 2.81. The number of nitrogens with zero attached hydrogens (tertiary/aromatic N) is 2. The molecule has 2 amide bonds. The fraction of sp³-hybridized carbons (Fsp3) is 0.571. The van der Waals surface area contributed by atoms with Crippen molar-refractivity contribution >= 4 is 17.6 Å². The largest absolute Gasteiger partial charge is 0.377 e. The van der Waals surface area contributed by atoms with Crippen molar-refractivity contribution in [2.24, 2.45) is 5.92 Å². The van der Waals surface area contributed by atoms with Crippen molar-refractivity contribution in [2.45, 2.75) is 78.3 Å². The number of ketones is 1. The number of hydrogen-bond acceptors (Lipinski definition) is 5. The normalized spacial score (nSPS) is 17.5. The van der Waals surface area contributed by atoms with Crippen molar-refractivity contribution < 1.29 is 23.5 Å². The molecule has 0 spiro atoms. The average Bonchev–Trinajstić information content (AvgIpc) is 3.32. The van der Waals surface area contributed by atoms with E-state index in [1.807, 2.05) is 40.7 Å². The van der Waals surface area contributed by atoms with Crippen LogP contribution >= 0.6 is 0 Å². The molecule has 3 atom stereocenters. The van der Waals surface area contributed by atoms with Crippen LogP contribution < -0.4 is 5.32 Å². The van der Waals surface area contributed by atoms with Crippen molar-refractivity contribution in [3.63, 3.8) is 0 Å². The Kier molecular flexibility index (Phi) is 9.97. The maximum absolute atomic E-state index is 14.4. The van der Waals surface area contributed by atoms with E-state index in [2.05, 4.69) is 15.3 Å². The van der Waals surface area contributed by atoms with Crippen LogP contribution in [0.1, 0.15) is 70.7 Å². The van der Waals surface area contributed by atoms with Crippen LogP contribution in [-0.2, 0) is 19.1 Å². The molecule has 0 radical (unpaired) electrons. The van der Waals surface area contributed by atoms with Crippen LogP contribution in [0.25, 0.3) is 11.3 Å². The first kappa shape index (κ1) is 28.5. The third kappa shape index (κ3) is 7.95. The van der Waals surface area contributed by atoms with E-state index in [4.69, 9.17) is 4.74 Å². The van der Waals surface area contributed by atoms with Gasteiger partial charge in [0.25, 0.3) is 0 Å². The Bertz CT molecular complexity index is 1100. The van der Waals surface area contributed by atoms with Crippen LogP contribution in [0.4, 0.5) is 4.39 Å². The highest BCUT2D eigenvalue weighted by Crippen LogP contribution is 2.25. The van der Waals surface area contributed by atoms with Crippen molar-refractivity contribution in [1.29, 1.82) is 0 Å².